The fourth-order valence-corrected chi connectivity index (χ4v) is 2.51. The van der Waals surface area contributed by atoms with E-state index in [0.29, 0.717) is 5.92 Å². The van der Waals surface area contributed by atoms with Gasteiger partial charge in [-0.05, 0) is 30.5 Å². The Hall–Kier alpha value is -0.830. The zero-order valence-corrected chi connectivity index (χ0v) is 13.7. The summed E-state index contributed by atoms with van der Waals surface area (Å²) in [6.07, 6.45) is 2.26. The van der Waals surface area contributed by atoms with Crippen LogP contribution in [0.1, 0.15) is 49.5 Å². The quantitative estimate of drug-likeness (QED) is 0.677. The Kier molecular flexibility index (Phi) is 7.14. The fourth-order valence-electron chi connectivity index (χ4n) is 2.13. The third-order valence-electron chi connectivity index (χ3n) is 3.66. The maximum Gasteiger partial charge on any atom is 0.253 e. The lowest BCUT2D eigenvalue weighted by atomic mass is 10.0. The zero-order chi connectivity index (χ0) is 14.3. The first-order valence-corrected chi connectivity index (χ1v) is 8.22. The molecule has 3 heteroatoms. The largest absolute Gasteiger partial charge is 0.339 e. The molecule has 2 nitrogen and oxygen atoms in total. The van der Waals surface area contributed by atoms with Crippen molar-refractivity contribution in [2.45, 2.75) is 38.9 Å². The number of carbonyl (C=O) groups excluding carboxylic acids is 1. The maximum atomic E-state index is 12.5. The SMILES string of the molecule is CCC(CC)CN(CC)C(=O)c1ccc(CBr)cc1. The lowest BCUT2D eigenvalue weighted by Gasteiger charge is -2.25. The van der Waals surface area contributed by atoms with E-state index in [1.165, 1.54) is 5.56 Å². The van der Waals surface area contributed by atoms with Gasteiger partial charge in [0.05, 0.1) is 0 Å². The smallest absolute Gasteiger partial charge is 0.253 e. The molecule has 1 aromatic rings. The van der Waals surface area contributed by atoms with Crippen LogP contribution in [0.5, 0.6) is 0 Å². The van der Waals surface area contributed by atoms with Gasteiger partial charge in [0.2, 0.25) is 0 Å². The average Bonchev–Trinajstić information content (AvgIpc) is 2.48. The van der Waals surface area contributed by atoms with Crippen LogP contribution in [0, 0.1) is 5.92 Å². The predicted octanol–water partition coefficient (Wildman–Crippen LogP) is 4.48. The summed E-state index contributed by atoms with van der Waals surface area (Å²) in [6.45, 7) is 8.07. The van der Waals surface area contributed by atoms with Crippen molar-refractivity contribution in [3.63, 3.8) is 0 Å². The molecule has 0 aliphatic rings. The summed E-state index contributed by atoms with van der Waals surface area (Å²) in [6, 6.07) is 7.86. The molecule has 19 heavy (non-hydrogen) atoms. The molecule has 0 atom stereocenters. The van der Waals surface area contributed by atoms with E-state index in [1.54, 1.807) is 0 Å². The summed E-state index contributed by atoms with van der Waals surface area (Å²) in [7, 11) is 0. The molecule has 0 bridgehead atoms. The Balaban J connectivity index is 2.76. The van der Waals surface area contributed by atoms with E-state index < -0.39 is 0 Å². The molecule has 0 unspecified atom stereocenters. The van der Waals surface area contributed by atoms with Gasteiger partial charge in [0.1, 0.15) is 0 Å². The highest BCUT2D eigenvalue weighted by atomic mass is 79.9. The number of rotatable bonds is 7. The second kappa shape index (κ2) is 8.36. The average molecular weight is 326 g/mol. The van der Waals surface area contributed by atoms with Gasteiger partial charge < -0.3 is 4.90 Å². The van der Waals surface area contributed by atoms with Crippen LogP contribution in [-0.4, -0.2) is 23.9 Å². The second-order valence-corrected chi connectivity index (χ2v) is 5.42. The summed E-state index contributed by atoms with van der Waals surface area (Å²) in [5.74, 6) is 0.751. The van der Waals surface area contributed by atoms with E-state index in [-0.39, 0.29) is 5.91 Å². The number of hydrogen-bond donors (Lipinski definition) is 0. The molecular formula is C16H24BrNO. The molecule has 0 radical (unpaired) electrons. The predicted molar refractivity (Wildman–Crippen MR) is 84.7 cm³/mol. The van der Waals surface area contributed by atoms with Crippen molar-refractivity contribution in [1.29, 1.82) is 0 Å². The molecule has 0 aliphatic carbocycles. The monoisotopic (exact) mass is 325 g/mol. The molecule has 0 saturated heterocycles. The van der Waals surface area contributed by atoms with Gasteiger partial charge in [0.15, 0.2) is 0 Å². The number of nitrogens with zero attached hydrogens (tertiary/aromatic N) is 1. The van der Waals surface area contributed by atoms with Crippen LogP contribution in [0.2, 0.25) is 0 Å². The first kappa shape index (κ1) is 16.2. The molecular weight excluding hydrogens is 302 g/mol. The maximum absolute atomic E-state index is 12.5. The van der Waals surface area contributed by atoms with Gasteiger partial charge in [-0.25, -0.2) is 0 Å². The van der Waals surface area contributed by atoms with Crippen molar-refractivity contribution in [2.24, 2.45) is 5.92 Å². The van der Waals surface area contributed by atoms with Gasteiger partial charge in [0.25, 0.3) is 5.91 Å². The number of amides is 1. The molecule has 1 amide bonds. The Morgan fingerprint density at radius 2 is 1.74 bits per heavy atom. The second-order valence-electron chi connectivity index (χ2n) is 4.86. The summed E-state index contributed by atoms with van der Waals surface area (Å²) in [5.41, 5.74) is 1.98. The minimum absolute atomic E-state index is 0.149. The van der Waals surface area contributed by atoms with Gasteiger partial charge in [-0.15, -0.1) is 0 Å². The van der Waals surface area contributed by atoms with E-state index in [9.17, 15) is 4.79 Å². The Morgan fingerprint density at radius 3 is 2.16 bits per heavy atom. The van der Waals surface area contributed by atoms with Gasteiger partial charge in [-0.1, -0.05) is 54.8 Å². The van der Waals surface area contributed by atoms with E-state index in [0.717, 1.165) is 36.8 Å². The zero-order valence-electron chi connectivity index (χ0n) is 12.2. The van der Waals surface area contributed by atoms with Gasteiger partial charge in [0, 0.05) is 24.0 Å². The van der Waals surface area contributed by atoms with E-state index >= 15 is 0 Å². The van der Waals surface area contributed by atoms with Crippen molar-refractivity contribution in [1.82, 2.24) is 4.90 Å². The molecule has 106 valence electrons. The number of hydrogen-bond acceptors (Lipinski definition) is 1. The summed E-state index contributed by atoms with van der Waals surface area (Å²) >= 11 is 3.42. The molecule has 0 saturated carbocycles. The third kappa shape index (κ3) is 4.64. The highest BCUT2D eigenvalue weighted by molar-refractivity contribution is 9.08. The van der Waals surface area contributed by atoms with Crippen molar-refractivity contribution < 1.29 is 4.79 Å². The fraction of sp³-hybridized carbons (Fsp3) is 0.562. The Bertz CT molecular complexity index is 384. The molecule has 0 N–H and O–H groups in total. The Labute approximate surface area is 125 Å². The van der Waals surface area contributed by atoms with Crippen LogP contribution in [0.4, 0.5) is 0 Å². The number of halogens is 1. The van der Waals surface area contributed by atoms with E-state index in [2.05, 4.69) is 29.8 Å². The molecule has 0 aliphatic heterocycles. The first-order chi connectivity index (χ1) is 9.15. The van der Waals surface area contributed by atoms with Crippen LogP contribution >= 0.6 is 15.9 Å². The van der Waals surface area contributed by atoms with Crippen molar-refractivity contribution in [2.75, 3.05) is 13.1 Å². The highest BCUT2D eigenvalue weighted by Crippen LogP contribution is 2.14. The minimum atomic E-state index is 0.149. The Morgan fingerprint density at radius 1 is 1.16 bits per heavy atom. The topological polar surface area (TPSA) is 20.3 Å². The number of alkyl halides is 1. The summed E-state index contributed by atoms with van der Waals surface area (Å²) in [4.78, 5) is 14.4. The minimum Gasteiger partial charge on any atom is -0.339 e. The van der Waals surface area contributed by atoms with Crippen LogP contribution in [0.3, 0.4) is 0 Å². The molecule has 1 rings (SSSR count). The van der Waals surface area contributed by atoms with Gasteiger partial charge >= 0.3 is 0 Å². The molecule has 0 aromatic heterocycles. The van der Waals surface area contributed by atoms with Crippen LogP contribution in [0.25, 0.3) is 0 Å². The first-order valence-electron chi connectivity index (χ1n) is 7.10. The molecule has 0 fully saturated rings. The van der Waals surface area contributed by atoms with Crippen molar-refractivity contribution in [3.8, 4) is 0 Å². The van der Waals surface area contributed by atoms with Gasteiger partial charge in [-0.3, -0.25) is 4.79 Å². The molecule has 0 spiro atoms. The lowest BCUT2D eigenvalue weighted by molar-refractivity contribution is 0.0735. The normalized spacial score (nSPS) is 10.8. The number of carbonyl (C=O) groups is 1. The van der Waals surface area contributed by atoms with Gasteiger partial charge in [-0.2, -0.15) is 0 Å². The standard InChI is InChI=1S/C16H24BrNO/c1-4-13(5-2)12-18(6-3)16(19)15-9-7-14(11-17)8-10-15/h7-10,13H,4-6,11-12H2,1-3H3. The van der Waals surface area contributed by atoms with E-state index in [1.807, 2.05) is 36.1 Å². The summed E-state index contributed by atoms with van der Waals surface area (Å²) < 4.78 is 0. The lowest BCUT2D eigenvalue weighted by Crippen LogP contribution is -2.35. The van der Waals surface area contributed by atoms with Crippen LogP contribution in [0.15, 0.2) is 24.3 Å². The van der Waals surface area contributed by atoms with Crippen molar-refractivity contribution >= 4 is 21.8 Å². The number of benzene rings is 1. The van der Waals surface area contributed by atoms with Crippen molar-refractivity contribution in [3.05, 3.63) is 35.4 Å². The molecule has 1 aromatic carbocycles. The summed E-state index contributed by atoms with van der Waals surface area (Å²) in [5, 5.41) is 0.826. The van der Waals surface area contributed by atoms with Crippen LogP contribution < -0.4 is 0 Å². The highest BCUT2D eigenvalue weighted by Gasteiger charge is 2.17. The molecule has 0 heterocycles. The van der Waals surface area contributed by atoms with E-state index in [4.69, 9.17) is 0 Å². The van der Waals surface area contributed by atoms with Crippen LogP contribution in [-0.2, 0) is 5.33 Å². The third-order valence-corrected chi connectivity index (χ3v) is 4.30.